The average Bonchev–Trinajstić information content (AvgIpc) is 3.61. The molecule has 8 aromatic carbocycles. The van der Waals surface area contributed by atoms with Crippen LogP contribution in [-0.2, 0) is 10.8 Å². The van der Waals surface area contributed by atoms with E-state index < -0.39 is 0 Å². The van der Waals surface area contributed by atoms with Gasteiger partial charge in [-0.3, -0.25) is 0 Å². The van der Waals surface area contributed by atoms with Crippen LogP contribution in [0, 0.1) is 0 Å². The molecule has 0 aromatic heterocycles. The van der Waals surface area contributed by atoms with Crippen molar-refractivity contribution in [2.75, 3.05) is 4.90 Å². The van der Waals surface area contributed by atoms with E-state index >= 15 is 0 Å². The van der Waals surface area contributed by atoms with Gasteiger partial charge in [-0.05, 0) is 103 Å². The zero-order chi connectivity index (χ0) is 37.3. The highest BCUT2D eigenvalue weighted by atomic mass is 15.1. The quantitative estimate of drug-likeness (QED) is 0.166. The number of benzene rings is 8. The number of hydrogen-bond donors (Lipinski definition) is 0. The molecule has 0 saturated heterocycles. The summed E-state index contributed by atoms with van der Waals surface area (Å²) in [5.41, 5.74) is 21.3. The summed E-state index contributed by atoms with van der Waals surface area (Å²) in [6.45, 7) is 9.47. The third-order valence-electron chi connectivity index (χ3n) is 12.3. The van der Waals surface area contributed by atoms with Gasteiger partial charge in [0.05, 0.1) is 5.69 Å². The van der Waals surface area contributed by atoms with E-state index in [4.69, 9.17) is 0 Å². The minimum Gasteiger partial charge on any atom is -0.310 e. The predicted octanol–water partition coefficient (Wildman–Crippen LogP) is 14.8. The van der Waals surface area contributed by atoms with Crippen LogP contribution in [0.3, 0.4) is 0 Å². The Labute approximate surface area is 325 Å². The van der Waals surface area contributed by atoms with Crippen LogP contribution >= 0.6 is 0 Å². The van der Waals surface area contributed by atoms with Gasteiger partial charge in [-0.2, -0.15) is 0 Å². The number of hydrogen-bond acceptors (Lipinski definition) is 1. The molecule has 2 aliphatic rings. The molecule has 1 nitrogen and oxygen atoms in total. The Morgan fingerprint density at radius 2 is 0.782 bits per heavy atom. The lowest BCUT2D eigenvalue weighted by Gasteiger charge is -2.31. The van der Waals surface area contributed by atoms with E-state index in [0.717, 1.165) is 17.1 Å². The molecule has 0 unspecified atom stereocenters. The normalized spacial score (nSPS) is 14.1. The van der Waals surface area contributed by atoms with Crippen LogP contribution in [0.4, 0.5) is 17.1 Å². The molecule has 0 spiro atoms. The summed E-state index contributed by atoms with van der Waals surface area (Å²) in [5.74, 6) is 0. The van der Waals surface area contributed by atoms with E-state index in [9.17, 15) is 0 Å². The Morgan fingerprint density at radius 1 is 0.309 bits per heavy atom. The van der Waals surface area contributed by atoms with Crippen LogP contribution in [-0.4, -0.2) is 0 Å². The number of nitrogens with zero attached hydrogens (tertiary/aromatic N) is 1. The van der Waals surface area contributed by atoms with Gasteiger partial charge in [0.15, 0.2) is 0 Å². The SMILES string of the molecule is CC1(C)c2ccccc2-c2ccc(N(c3ccc(-c4ccccc4)c(-c4ccccc4)c3)c3ccccc3-c3cccc4c3-c3ccccc3C4(C)C)cc21. The highest BCUT2D eigenvalue weighted by Gasteiger charge is 2.38. The smallest absolute Gasteiger partial charge is 0.0540 e. The van der Waals surface area contributed by atoms with E-state index in [0.29, 0.717) is 0 Å². The summed E-state index contributed by atoms with van der Waals surface area (Å²) in [5, 5.41) is 0. The highest BCUT2D eigenvalue weighted by Crippen LogP contribution is 2.55. The van der Waals surface area contributed by atoms with Gasteiger partial charge in [0.1, 0.15) is 0 Å². The van der Waals surface area contributed by atoms with Crippen LogP contribution in [0.5, 0.6) is 0 Å². The first kappa shape index (κ1) is 33.2. The summed E-state index contributed by atoms with van der Waals surface area (Å²) in [4.78, 5) is 2.50. The van der Waals surface area contributed by atoms with Crippen LogP contribution in [0.1, 0.15) is 49.9 Å². The summed E-state index contributed by atoms with van der Waals surface area (Å²) in [7, 11) is 0. The third kappa shape index (κ3) is 5.14. The fourth-order valence-electron chi connectivity index (χ4n) is 9.53. The van der Waals surface area contributed by atoms with Gasteiger partial charge in [0.25, 0.3) is 0 Å². The van der Waals surface area contributed by atoms with Crippen molar-refractivity contribution in [2.45, 2.75) is 38.5 Å². The first-order valence-corrected chi connectivity index (χ1v) is 19.4. The lowest BCUT2D eigenvalue weighted by molar-refractivity contribution is 0.660. The lowest BCUT2D eigenvalue weighted by Crippen LogP contribution is -2.17. The second-order valence-corrected chi connectivity index (χ2v) is 16.1. The minimum atomic E-state index is -0.130. The second kappa shape index (κ2) is 12.6. The van der Waals surface area contributed by atoms with Gasteiger partial charge in [-0.1, -0.05) is 185 Å². The second-order valence-electron chi connectivity index (χ2n) is 16.1. The number of fused-ring (bicyclic) bond motifs is 6. The van der Waals surface area contributed by atoms with Crippen LogP contribution in [0.25, 0.3) is 55.6 Å². The molecule has 55 heavy (non-hydrogen) atoms. The Bertz CT molecular complexity index is 2750. The molecular formula is C54H43N. The Morgan fingerprint density at radius 3 is 1.49 bits per heavy atom. The number of rotatable bonds is 6. The molecule has 8 aromatic rings. The lowest BCUT2D eigenvalue weighted by atomic mass is 9.82. The Hall–Kier alpha value is -6.44. The van der Waals surface area contributed by atoms with Gasteiger partial charge < -0.3 is 4.90 Å². The maximum Gasteiger partial charge on any atom is 0.0540 e. The molecule has 0 aliphatic heterocycles. The van der Waals surface area contributed by atoms with Gasteiger partial charge >= 0.3 is 0 Å². The Kier molecular flexibility index (Phi) is 7.58. The summed E-state index contributed by atoms with van der Waals surface area (Å²) < 4.78 is 0. The van der Waals surface area contributed by atoms with Crippen molar-refractivity contribution in [1.82, 2.24) is 0 Å². The zero-order valence-electron chi connectivity index (χ0n) is 31.8. The van der Waals surface area contributed by atoms with Crippen molar-refractivity contribution in [3.05, 3.63) is 210 Å². The van der Waals surface area contributed by atoms with E-state index in [1.165, 1.54) is 77.9 Å². The molecule has 0 amide bonds. The van der Waals surface area contributed by atoms with E-state index in [1.807, 2.05) is 0 Å². The first-order chi connectivity index (χ1) is 26.8. The zero-order valence-corrected chi connectivity index (χ0v) is 31.8. The van der Waals surface area contributed by atoms with Crippen LogP contribution in [0.15, 0.2) is 188 Å². The van der Waals surface area contributed by atoms with Crippen molar-refractivity contribution < 1.29 is 0 Å². The fourth-order valence-corrected chi connectivity index (χ4v) is 9.53. The molecule has 0 radical (unpaired) electrons. The number of para-hydroxylation sites is 1. The largest absolute Gasteiger partial charge is 0.310 e. The first-order valence-electron chi connectivity index (χ1n) is 19.4. The van der Waals surface area contributed by atoms with Gasteiger partial charge in [-0.25, -0.2) is 0 Å². The maximum absolute atomic E-state index is 2.50. The standard InChI is InChI=1S/C54H43N/c1-53(2)48-27-15-12-24-45(48)52-44(25-17-28-49(52)53)43-23-13-16-29-51(43)55(39-31-33-42-41-22-11-14-26-47(41)54(3,4)50(42)35-39)38-30-32-40(36-18-7-5-8-19-36)46(34-38)37-20-9-6-10-21-37/h5-35H,1-4H3. The monoisotopic (exact) mass is 705 g/mol. The highest BCUT2D eigenvalue weighted by molar-refractivity contribution is 5.99. The molecule has 2 aliphatic carbocycles. The van der Waals surface area contributed by atoms with Gasteiger partial charge in [0.2, 0.25) is 0 Å². The maximum atomic E-state index is 2.50. The molecule has 264 valence electrons. The molecular weight excluding hydrogens is 663 g/mol. The van der Waals surface area contributed by atoms with Gasteiger partial charge in [-0.15, -0.1) is 0 Å². The summed E-state index contributed by atoms with van der Waals surface area (Å²) in [6.07, 6.45) is 0. The van der Waals surface area contributed by atoms with E-state index in [2.05, 4.69) is 221 Å². The molecule has 0 N–H and O–H groups in total. The number of anilines is 3. The van der Waals surface area contributed by atoms with Crippen LogP contribution < -0.4 is 4.90 Å². The van der Waals surface area contributed by atoms with Gasteiger partial charge in [0, 0.05) is 27.8 Å². The average molecular weight is 706 g/mol. The molecule has 1 heteroatoms. The predicted molar refractivity (Wildman–Crippen MR) is 233 cm³/mol. The minimum absolute atomic E-state index is 0.0883. The van der Waals surface area contributed by atoms with Crippen molar-refractivity contribution >= 4 is 17.1 Å². The van der Waals surface area contributed by atoms with Crippen molar-refractivity contribution in [3.63, 3.8) is 0 Å². The Balaban J connectivity index is 1.24. The van der Waals surface area contributed by atoms with Crippen molar-refractivity contribution in [3.8, 4) is 55.6 Å². The molecule has 0 saturated carbocycles. The molecule has 0 heterocycles. The van der Waals surface area contributed by atoms with Crippen molar-refractivity contribution in [1.29, 1.82) is 0 Å². The topological polar surface area (TPSA) is 3.24 Å². The van der Waals surface area contributed by atoms with E-state index in [-0.39, 0.29) is 10.8 Å². The fraction of sp³-hybridized carbons (Fsp3) is 0.111. The van der Waals surface area contributed by atoms with Crippen molar-refractivity contribution in [2.24, 2.45) is 0 Å². The van der Waals surface area contributed by atoms with E-state index in [1.54, 1.807) is 0 Å². The molecule has 0 fully saturated rings. The third-order valence-corrected chi connectivity index (χ3v) is 12.3. The molecule has 0 atom stereocenters. The summed E-state index contributed by atoms with van der Waals surface area (Å²) >= 11 is 0. The molecule has 10 rings (SSSR count). The molecule has 0 bridgehead atoms. The van der Waals surface area contributed by atoms with Crippen LogP contribution in [0.2, 0.25) is 0 Å². The summed E-state index contributed by atoms with van der Waals surface area (Å²) in [6, 6.07) is 69.5.